The fourth-order valence-electron chi connectivity index (χ4n) is 2.82. The number of nitrogens with zero attached hydrogens (tertiary/aromatic N) is 1. The van der Waals surface area contributed by atoms with Crippen molar-refractivity contribution >= 4 is 22.9 Å². The zero-order valence-electron chi connectivity index (χ0n) is 11.8. The van der Waals surface area contributed by atoms with Gasteiger partial charge >= 0.3 is 0 Å². The predicted molar refractivity (Wildman–Crippen MR) is 85.2 cm³/mol. The summed E-state index contributed by atoms with van der Waals surface area (Å²) in [4.78, 5) is 3.88. The van der Waals surface area contributed by atoms with Crippen LogP contribution in [0.2, 0.25) is 4.34 Å². The van der Waals surface area contributed by atoms with E-state index in [0.29, 0.717) is 0 Å². The van der Waals surface area contributed by atoms with E-state index in [0.717, 1.165) is 23.5 Å². The van der Waals surface area contributed by atoms with Gasteiger partial charge in [0.25, 0.3) is 0 Å². The second-order valence-corrected chi connectivity index (χ2v) is 7.31. The molecule has 108 valence electrons. The third kappa shape index (κ3) is 5.42. The molecule has 1 heterocycles. The van der Waals surface area contributed by atoms with Crippen molar-refractivity contribution in [3.8, 4) is 0 Å². The molecule has 0 unspecified atom stereocenters. The first kappa shape index (κ1) is 15.3. The van der Waals surface area contributed by atoms with Gasteiger partial charge < -0.3 is 10.2 Å². The molecule has 1 N–H and O–H groups in total. The van der Waals surface area contributed by atoms with E-state index in [1.807, 2.05) is 6.07 Å². The lowest BCUT2D eigenvalue weighted by Crippen LogP contribution is -2.35. The Morgan fingerprint density at radius 1 is 1.32 bits per heavy atom. The van der Waals surface area contributed by atoms with E-state index in [2.05, 4.69) is 23.3 Å². The largest absolute Gasteiger partial charge is 0.312 e. The third-order valence-electron chi connectivity index (χ3n) is 3.99. The van der Waals surface area contributed by atoms with Crippen LogP contribution in [0.5, 0.6) is 0 Å². The Bertz CT molecular complexity index is 361. The van der Waals surface area contributed by atoms with Gasteiger partial charge in [0.05, 0.1) is 4.34 Å². The van der Waals surface area contributed by atoms with E-state index < -0.39 is 0 Å². The smallest absolute Gasteiger partial charge is 0.0931 e. The summed E-state index contributed by atoms with van der Waals surface area (Å²) in [5, 5.41) is 3.50. The van der Waals surface area contributed by atoms with Crippen LogP contribution in [0.1, 0.15) is 43.4 Å². The Balaban J connectivity index is 1.53. The third-order valence-corrected chi connectivity index (χ3v) is 5.22. The summed E-state index contributed by atoms with van der Waals surface area (Å²) in [5.74, 6) is 0. The lowest BCUT2D eigenvalue weighted by atomic mass is 9.94. The first-order valence-electron chi connectivity index (χ1n) is 7.41. The normalized spacial score (nSPS) is 17.2. The van der Waals surface area contributed by atoms with Crippen LogP contribution >= 0.6 is 22.9 Å². The molecule has 0 atom stereocenters. The van der Waals surface area contributed by atoms with Crippen molar-refractivity contribution in [2.24, 2.45) is 0 Å². The summed E-state index contributed by atoms with van der Waals surface area (Å²) in [6.07, 6.45) is 8.31. The van der Waals surface area contributed by atoms with E-state index in [9.17, 15) is 0 Å². The molecule has 1 aliphatic rings. The summed E-state index contributed by atoms with van der Waals surface area (Å²) in [7, 11) is 2.29. The van der Waals surface area contributed by atoms with Gasteiger partial charge in [-0.05, 0) is 51.5 Å². The van der Waals surface area contributed by atoms with Gasteiger partial charge in [0, 0.05) is 17.5 Å². The van der Waals surface area contributed by atoms with Crippen LogP contribution in [0.15, 0.2) is 12.1 Å². The highest BCUT2D eigenvalue weighted by molar-refractivity contribution is 7.16. The quantitative estimate of drug-likeness (QED) is 0.761. The van der Waals surface area contributed by atoms with Gasteiger partial charge in [-0.15, -0.1) is 11.3 Å². The van der Waals surface area contributed by atoms with Crippen molar-refractivity contribution in [2.45, 2.75) is 51.1 Å². The van der Waals surface area contributed by atoms with Crippen molar-refractivity contribution in [2.75, 3.05) is 20.1 Å². The zero-order chi connectivity index (χ0) is 13.5. The average molecular weight is 301 g/mol. The molecule has 1 saturated carbocycles. The monoisotopic (exact) mass is 300 g/mol. The standard InChI is InChI=1S/C15H25ClN2S/c1-18(13-6-3-2-4-7-13)11-5-10-17-12-14-8-9-15(16)19-14/h8-9,13,17H,2-7,10-12H2,1H3. The summed E-state index contributed by atoms with van der Waals surface area (Å²) in [5.41, 5.74) is 0. The first-order chi connectivity index (χ1) is 9.25. The van der Waals surface area contributed by atoms with Crippen molar-refractivity contribution in [1.82, 2.24) is 10.2 Å². The first-order valence-corrected chi connectivity index (χ1v) is 8.60. The molecular weight excluding hydrogens is 276 g/mol. The Kier molecular flexibility index (Phi) is 6.65. The Labute approximate surface area is 126 Å². The molecule has 2 nitrogen and oxygen atoms in total. The fraction of sp³-hybridized carbons (Fsp3) is 0.733. The molecule has 0 aliphatic heterocycles. The molecule has 0 amide bonds. The number of rotatable bonds is 7. The predicted octanol–water partition coefficient (Wildman–Crippen LogP) is 4.15. The Morgan fingerprint density at radius 2 is 2.11 bits per heavy atom. The lowest BCUT2D eigenvalue weighted by molar-refractivity contribution is 0.189. The van der Waals surface area contributed by atoms with Gasteiger partial charge in [-0.3, -0.25) is 0 Å². The van der Waals surface area contributed by atoms with Crippen molar-refractivity contribution in [3.05, 3.63) is 21.3 Å². The molecule has 19 heavy (non-hydrogen) atoms. The number of hydrogen-bond acceptors (Lipinski definition) is 3. The van der Waals surface area contributed by atoms with Gasteiger partial charge in [-0.1, -0.05) is 30.9 Å². The Morgan fingerprint density at radius 3 is 2.79 bits per heavy atom. The van der Waals surface area contributed by atoms with Crippen molar-refractivity contribution in [1.29, 1.82) is 0 Å². The minimum atomic E-state index is 0.838. The van der Waals surface area contributed by atoms with E-state index in [1.165, 1.54) is 49.9 Å². The molecule has 1 aromatic heterocycles. The van der Waals surface area contributed by atoms with Gasteiger partial charge in [0.1, 0.15) is 0 Å². The van der Waals surface area contributed by atoms with Crippen molar-refractivity contribution in [3.63, 3.8) is 0 Å². The maximum absolute atomic E-state index is 5.91. The molecule has 0 saturated heterocycles. The summed E-state index contributed by atoms with van der Waals surface area (Å²) >= 11 is 7.58. The number of nitrogens with one attached hydrogen (secondary N) is 1. The van der Waals surface area contributed by atoms with Crippen LogP contribution in [0.3, 0.4) is 0 Å². The number of halogens is 1. The Hall–Kier alpha value is -0.0900. The van der Waals surface area contributed by atoms with Gasteiger partial charge in [0.15, 0.2) is 0 Å². The molecule has 1 aromatic rings. The minimum absolute atomic E-state index is 0.838. The highest BCUT2D eigenvalue weighted by Gasteiger charge is 2.16. The van der Waals surface area contributed by atoms with Crippen LogP contribution in [0, 0.1) is 0 Å². The summed E-state index contributed by atoms with van der Waals surface area (Å²) in [6.45, 7) is 3.25. The molecule has 0 spiro atoms. The average Bonchev–Trinajstić information content (AvgIpc) is 2.85. The number of thiophene rings is 1. The maximum atomic E-state index is 5.91. The highest BCUT2D eigenvalue weighted by atomic mass is 35.5. The maximum Gasteiger partial charge on any atom is 0.0931 e. The molecule has 1 aliphatic carbocycles. The van der Waals surface area contributed by atoms with Gasteiger partial charge in [-0.25, -0.2) is 0 Å². The van der Waals surface area contributed by atoms with Crippen LogP contribution in [-0.4, -0.2) is 31.1 Å². The zero-order valence-corrected chi connectivity index (χ0v) is 13.4. The van der Waals surface area contributed by atoms with Crippen molar-refractivity contribution < 1.29 is 0 Å². The molecule has 4 heteroatoms. The SMILES string of the molecule is CN(CCCNCc1ccc(Cl)s1)C1CCCCC1. The summed E-state index contributed by atoms with van der Waals surface area (Å²) < 4.78 is 0.883. The lowest BCUT2D eigenvalue weighted by Gasteiger charge is -2.31. The van der Waals surface area contributed by atoms with E-state index in [-0.39, 0.29) is 0 Å². The van der Waals surface area contributed by atoms with E-state index in [4.69, 9.17) is 11.6 Å². The second-order valence-electron chi connectivity index (χ2n) is 5.51. The second kappa shape index (κ2) is 8.25. The molecule has 0 radical (unpaired) electrons. The molecule has 2 rings (SSSR count). The molecule has 0 bridgehead atoms. The van der Waals surface area contributed by atoms with Crippen LogP contribution in [0.25, 0.3) is 0 Å². The molecule has 0 aromatic carbocycles. The minimum Gasteiger partial charge on any atom is -0.312 e. The van der Waals surface area contributed by atoms with Gasteiger partial charge in [-0.2, -0.15) is 0 Å². The molecule has 1 fully saturated rings. The number of hydrogen-bond donors (Lipinski definition) is 1. The van der Waals surface area contributed by atoms with Crippen LogP contribution in [0.4, 0.5) is 0 Å². The fourth-order valence-corrected chi connectivity index (χ4v) is 3.87. The molecular formula is C15H25ClN2S. The van der Waals surface area contributed by atoms with Crippen LogP contribution in [-0.2, 0) is 6.54 Å². The summed E-state index contributed by atoms with van der Waals surface area (Å²) in [6, 6.07) is 4.92. The highest BCUT2D eigenvalue weighted by Crippen LogP contribution is 2.22. The van der Waals surface area contributed by atoms with Gasteiger partial charge in [0.2, 0.25) is 0 Å². The van der Waals surface area contributed by atoms with E-state index >= 15 is 0 Å². The van der Waals surface area contributed by atoms with E-state index in [1.54, 1.807) is 11.3 Å². The van der Waals surface area contributed by atoms with Crippen LogP contribution < -0.4 is 5.32 Å². The topological polar surface area (TPSA) is 15.3 Å².